The summed E-state index contributed by atoms with van der Waals surface area (Å²) in [5.41, 5.74) is -0.313. The smallest absolute Gasteiger partial charge is 0.306 e. The highest BCUT2D eigenvalue weighted by Gasteiger charge is 2.26. The summed E-state index contributed by atoms with van der Waals surface area (Å²) in [7, 11) is 0. The molecule has 0 heterocycles. The Morgan fingerprint density at radius 3 is 1.10 bits per heavy atom. The van der Waals surface area contributed by atoms with Gasteiger partial charge in [0.1, 0.15) is 0 Å². The van der Waals surface area contributed by atoms with E-state index in [9.17, 15) is 14.4 Å². The summed E-state index contributed by atoms with van der Waals surface area (Å²) < 4.78 is 15.9. The third-order valence-electron chi connectivity index (χ3n) is 4.29. The van der Waals surface area contributed by atoms with E-state index in [0.29, 0.717) is 19.3 Å². The predicted molar refractivity (Wildman–Crippen MR) is 124 cm³/mol. The van der Waals surface area contributed by atoms with Crippen LogP contribution in [0.3, 0.4) is 0 Å². The molecule has 3 unspecified atom stereocenters. The van der Waals surface area contributed by atoms with Crippen molar-refractivity contribution in [3.63, 3.8) is 0 Å². The van der Waals surface area contributed by atoms with Gasteiger partial charge in [-0.25, -0.2) is 0 Å². The molecule has 170 valence electrons. The fraction of sp³-hybridized carbons (Fsp3) is 0.850. The maximum absolute atomic E-state index is 11.7. The monoisotopic (exact) mass is 468 g/mol. The first-order valence-corrected chi connectivity index (χ1v) is 11.5. The lowest BCUT2D eigenvalue weighted by Gasteiger charge is -2.29. The van der Waals surface area contributed by atoms with Gasteiger partial charge < -0.3 is 14.2 Å². The van der Waals surface area contributed by atoms with Crippen molar-refractivity contribution in [2.45, 2.75) is 82.0 Å². The summed E-state index contributed by atoms with van der Waals surface area (Å²) >= 11 is 12.6. The van der Waals surface area contributed by atoms with Gasteiger partial charge in [0.2, 0.25) is 0 Å². The van der Waals surface area contributed by atoms with E-state index >= 15 is 0 Å². The van der Waals surface area contributed by atoms with Crippen molar-refractivity contribution in [1.29, 1.82) is 0 Å². The van der Waals surface area contributed by atoms with Gasteiger partial charge in [-0.05, 0) is 24.7 Å². The maximum atomic E-state index is 11.7. The summed E-state index contributed by atoms with van der Waals surface area (Å²) in [5.74, 6) is -0.880. The Kier molecular flexibility index (Phi) is 15.0. The second-order valence-corrected chi connectivity index (χ2v) is 10.5. The number of hydrogen-bond donors (Lipinski definition) is 3. The zero-order valence-electron chi connectivity index (χ0n) is 17.9. The first-order chi connectivity index (χ1) is 13.4. The zero-order chi connectivity index (χ0) is 22.4. The van der Waals surface area contributed by atoms with Gasteiger partial charge in [-0.3, -0.25) is 14.4 Å². The van der Waals surface area contributed by atoms with Crippen molar-refractivity contribution in [1.82, 2.24) is 0 Å². The molecule has 0 aliphatic heterocycles. The summed E-state index contributed by atoms with van der Waals surface area (Å²) in [5, 5.41) is -0.177. The van der Waals surface area contributed by atoms with E-state index in [-0.39, 0.29) is 78.2 Å². The Balaban J connectivity index is 4.60. The van der Waals surface area contributed by atoms with Gasteiger partial charge in [-0.2, -0.15) is 37.9 Å². The number of hydrogen-bond acceptors (Lipinski definition) is 9. The summed E-state index contributed by atoms with van der Waals surface area (Å²) in [4.78, 5) is 35.2. The third-order valence-corrected chi connectivity index (χ3v) is 4.84. The minimum Gasteiger partial charge on any atom is -0.466 e. The van der Waals surface area contributed by atoms with Gasteiger partial charge in [0.25, 0.3) is 0 Å². The molecule has 0 rings (SSSR count). The van der Waals surface area contributed by atoms with Gasteiger partial charge in [-0.15, -0.1) is 0 Å². The normalized spacial score (nSPS) is 16.2. The number of carbonyl (C=O) groups is 3. The second-order valence-electron chi connectivity index (χ2n) is 7.88. The van der Waals surface area contributed by atoms with Crippen LogP contribution in [-0.4, -0.2) is 53.5 Å². The third kappa shape index (κ3) is 16.9. The summed E-state index contributed by atoms with van der Waals surface area (Å²) in [6.07, 6.45) is 2.46. The minimum atomic E-state index is -0.313. The van der Waals surface area contributed by atoms with Crippen LogP contribution < -0.4 is 0 Å². The first kappa shape index (κ1) is 28.5. The molecule has 0 radical (unpaired) electrons. The lowest BCUT2D eigenvalue weighted by molar-refractivity contribution is -0.145. The summed E-state index contributed by atoms with van der Waals surface area (Å²) in [6, 6.07) is 0. The molecule has 0 aromatic heterocycles. The van der Waals surface area contributed by atoms with E-state index in [1.165, 1.54) is 0 Å². The topological polar surface area (TPSA) is 78.9 Å². The predicted octanol–water partition coefficient (Wildman–Crippen LogP) is 3.92. The highest BCUT2D eigenvalue weighted by atomic mass is 32.1. The van der Waals surface area contributed by atoms with E-state index in [0.717, 1.165) is 0 Å². The molecule has 0 aromatic carbocycles. The molecule has 0 bridgehead atoms. The second kappa shape index (κ2) is 15.3. The van der Waals surface area contributed by atoms with E-state index in [4.69, 9.17) is 14.2 Å². The van der Waals surface area contributed by atoms with Gasteiger partial charge in [0.05, 0.1) is 39.1 Å². The average Bonchev–Trinajstić information content (AvgIpc) is 2.52. The van der Waals surface area contributed by atoms with Crippen molar-refractivity contribution >= 4 is 55.8 Å². The Labute approximate surface area is 191 Å². The molecular weight excluding hydrogens is 432 g/mol. The van der Waals surface area contributed by atoms with E-state index in [1.807, 2.05) is 27.7 Å². The van der Waals surface area contributed by atoms with Crippen molar-refractivity contribution < 1.29 is 28.6 Å². The highest BCUT2D eigenvalue weighted by Crippen LogP contribution is 2.31. The van der Waals surface area contributed by atoms with Crippen molar-refractivity contribution in [3.05, 3.63) is 0 Å². The minimum absolute atomic E-state index is 0.0591. The molecule has 0 amide bonds. The van der Waals surface area contributed by atoms with Crippen LogP contribution in [0.15, 0.2) is 0 Å². The molecule has 0 saturated heterocycles. The van der Waals surface area contributed by atoms with Crippen molar-refractivity contribution in [2.75, 3.05) is 19.8 Å². The summed E-state index contributed by atoms with van der Waals surface area (Å²) in [6.45, 7) is 8.24. The van der Waals surface area contributed by atoms with Crippen LogP contribution in [0, 0.1) is 5.41 Å². The zero-order valence-corrected chi connectivity index (χ0v) is 20.6. The van der Waals surface area contributed by atoms with Crippen molar-refractivity contribution in [2.24, 2.45) is 5.41 Å². The fourth-order valence-corrected chi connectivity index (χ4v) is 2.96. The maximum Gasteiger partial charge on any atom is 0.306 e. The SMILES string of the molecule is CC(S)CC(=O)OCCC(C)(CCOC(=O)CC(C)S)CCOC(=O)CC(C)S. The number of thiol groups is 3. The van der Waals surface area contributed by atoms with Crippen LogP contribution in [0.1, 0.15) is 66.2 Å². The average molecular weight is 469 g/mol. The molecule has 0 aromatic rings. The van der Waals surface area contributed by atoms with Crippen LogP contribution in [-0.2, 0) is 28.6 Å². The van der Waals surface area contributed by atoms with E-state index < -0.39 is 0 Å². The fourth-order valence-electron chi connectivity index (χ4n) is 2.51. The standard InChI is InChI=1S/C20H36O6S3/c1-14(27)11-17(21)24-8-5-20(4,6-9-25-18(22)12-15(2)28)7-10-26-19(23)13-16(3)29/h14-16,27-29H,5-13H2,1-4H3. The molecule has 0 saturated carbocycles. The molecule has 0 N–H and O–H groups in total. The van der Waals surface area contributed by atoms with E-state index in [1.54, 1.807) is 0 Å². The molecule has 0 aliphatic carbocycles. The lowest BCUT2D eigenvalue weighted by atomic mass is 9.81. The molecule has 0 spiro atoms. The van der Waals surface area contributed by atoms with Crippen LogP contribution in [0.2, 0.25) is 0 Å². The van der Waals surface area contributed by atoms with Crippen LogP contribution in [0.25, 0.3) is 0 Å². The van der Waals surface area contributed by atoms with Gasteiger partial charge in [0.15, 0.2) is 0 Å². The van der Waals surface area contributed by atoms with Gasteiger partial charge in [-0.1, -0.05) is 27.7 Å². The van der Waals surface area contributed by atoms with Crippen LogP contribution >= 0.6 is 37.9 Å². The van der Waals surface area contributed by atoms with Gasteiger partial charge >= 0.3 is 17.9 Å². The lowest BCUT2D eigenvalue weighted by Crippen LogP contribution is -2.26. The van der Waals surface area contributed by atoms with Crippen LogP contribution in [0.5, 0.6) is 0 Å². The molecule has 9 heteroatoms. The number of ether oxygens (including phenoxy) is 3. The molecular formula is C20H36O6S3. The Hall–Kier alpha value is -0.540. The number of carbonyl (C=O) groups excluding carboxylic acids is 3. The van der Waals surface area contributed by atoms with E-state index in [2.05, 4.69) is 37.9 Å². The van der Waals surface area contributed by atoms with Crippen molar-refractivity contribution in [3.8, 4) is 0 Å². The highest BCUT2D eigenvalue weighted by molar-refractivity contribution is 7.81. The first-order valence-electron chi connectivity index (χ1n) is 9.94. The molecule has 0 aliphatic rings. The Morgan fingerprint density at radius 2 is 0.897 bits per heavy atom. The number of esters is 3. The molecule has 3 atom stereocenters. The Bertz CT molecular complexity index is 439. The Morgan fingerprint density at radius 1 is 0.655 bits per heavy atom. The molecule has 29 heavy (non-hydrogen) atoms. The van der Waals surface area contributed by atoms with Gasteiger partial charge in [0, 0.05) is 15.7 Å². The molecule has 0 fully saturated rings. The quantitative estimate of drug-likeness (QED) is 0.192. The molecule has 6 nitrogen and oxygen atoms in total. The van der Waals surface area contributed by atoms with Crippen LogP contribution in [0.4, 0.5) is 0 Å². The largest absolute Gasteiger partial charge is 0.466 e. The number of rotatable bonds is 15.